The van der Waals surface area contributed by atoms with Crippen LogP contribution in [-0.2, 0) is 16.4 Å². The van der Waals surface area contributed by atoms with Gasteiger partial charge in [0.25, 0.3) is 5.91 Å². The first kappa shape index (κ1) is 22.2. The van der Waals surface area contributed by atoms with Crippen molar-refractivity contribution in [3.8, 4) is 5.75 Å². The van der Waals surface area contributed by atoms with Gasteiger partial charge in [0.05, 0.1) is 4.90 Å². The van der Waals surface area contributed by atoms with Gasteiger partial charge in [-0.05, 0) is 55.2 Å². The molecule has 9 heteroatoms. The van der Waals surface area contributed by atoms with Crippen molar-refractivity contribution in [3.05, 3.63) is 59.7 Å². The van der Waals surface area contributed by atoms with Crippen LogP contribution < -0.4 is 10.1 Å². The molecule has 3 rings (SSSR count). The van der Waals surface area contributed by atoms with Gasteiger partial charge in [0.15, 0.2) is 0 Å². The molecule has 1 aliphatic rings. The van der Waals surface area contributed by atoms with E-state index in [1.54, 1.807) is 24.3 Å². The van der Waals surface area contributed by atoms with Gasteiger partial charge < -0.3 is 10.1 Å². The number of benzene rings is 2. The molecule has 6 nitrogen and oxygen atoms in total. The van der Waals surface area contributed by atoms with Gasteiger partial charge in [0.2, 0.25) is 10.0 Å². The highest BCUT2D eigenvalue weighted by atomic mass is 32.2. The van der Waals surface area contributed by atoms with Gasteiger partial charge in [0, 0.05) is 25.2 Å². The highest BCUT2D eigenvalue weighted by molar-refractivity contribution is 7.89. The van der Waals surface area contributed by atoms with Crippen LogP contribution in [0.1, 0.15) is 35.2 Å². The van der Waals surface area contributed by atoms with Crippen LogP contribution in [0.4, 0.5) is 8.78 Å². The van der Waals surface area contributed by atoms with E-state index in [1.807, 2.05) is 0 Å². The van der Waals surface area contributed by atoms with Crippen LogP contribution in [0.2, 0.25) is 0 Å². The number of alkyl halides is 2. The number of nitrogens with zero attached hydrogens (tertiary/aromatic N) is 1. The third-order valence-corrected chi connectivity index (χ3v) is 6.79. The lowest BCUT2D eigenvalue weighted by Gasteiger charge is -2.26. The second-order valence-corrected chi connectivity index (χ2v) is 8.96. The van der Waals surface area contributed by atoms with Crippen LogP contribution in [-0.4, -0.2) is 44.9 Å². The molecular formula is C21H24F2N2O4S. The Bertz CT molecular complexity index is 959. The zero-order valence-corrected chi connectivity index (χ0v) is 17.2. The van der Waals surface area contributed by atoms with E-state index in [2.05, 4.69) is 10.1 Å². The number of carbonyl (C=O) groups excluding carboxylic acids is 1. The zero-order valence-electron chi connectivity index (χ0n) is 16.4. The Hall–Kier alpha value is -2.52. The second kappa shape index (κ2) is 9.99. The average Bonchev–Trinajstić information content (AvgIpc) is 2.75. The predicted octanol–water partition coefficient (Wildman–Crippen LogP) is 3.44. The molecule has 0 atom stereocenters. The fraction of sp³-hybridized carbons (Fsp3) is 0.381. The lowest BCUT2D eigenvalue weighted by Crippen LogP contribution is -2.35. The van der Waals surface area contributed by atoms with Crippen molar-refractivity contribution in [1.82, 2.24) is 9.62 Å². The number of rotatable bonds is 8. The fourth-order valence-electron chi connectivity index (χ4n) is 3.31. The smallest absolute Gasteiger partial charge is 0.387 e. The van der Waals surface area contributed by atoms with Gasteiger partial charge >= 0.3 is 6.61 Å². The number of amides is 1. The lowest BCUT2D eigenvalue weighted by atomic mass is 10.1. The minimum atomic E-state index is -3.61. The third-order valence-electron chi connectivity index (χ3n) is 4.90. The Balaban J connectivity index is 1.57. The van der Waals surface area contributed by atoms with Gasteiger partial charge in [-0.3, -0.25) is 4.79 Å². The second-order valence-electron chi connectivity index (χ2n) is 7.02. The summed E-state index contributed by atoms with van der Waals surface area (Å²) in [5.41, 5.74) is 1.12. The quantitative estimate of drug-likeness (QED) is 0.685. The van der Waals surface area contributed by atoms with Gasteiger partial charge in [-0.15, -0.1) is 0 Å². The summed E-state index contributed by atoms with van der Waals surface area (Å²) in [5.74, 6) is -0.298. The number of halogens is 2. The van der Waals surface area contributed by atoms with E-state index in [4.69, 9.17) is 0 Å². The summed E-state index contributed by atoms with van der Waals surface area (Å²) in [4.78, 5) is 12.6. The van der Waals surface area contributed by atoms with Gasteiger partial charge in [-0.25, -0.2) is 8.42 Å². The lowest BCUT2D eigenvalue weighted by molar-refractivity contribution is -0.0498. The first-order valence-corrected chi connectivity index (χ1v) is 11.2. The number of carbonyl (C=O) groups is 1. The van der Waals surface area contributed by atoms with Gasteiger partial charge in [0.1, 0.15) is 5.75 Å². The van der Waals surface area contributed by atoms with Crippen LogP contribution >= 0.6 is 0 Å². The highest BCUT2D eigenvalue weighted by Gasteiger charge is 2.26. The Kier molecular flexibility index (Phi) is 7.38. The molecule has 0 saturated carbocycles. The summed E-state index contributed by atoms with van der Waals surface area (Å²) in [5, 5.41) is 2.75. The topological polar surface area (TPSA) is 75.7 Å². The number of sulfonamides is 1. The molecule has 0 radical (unpaired) electrons. The maximum atomic E-state index is 12.8. The molecule has 1 heterocycles. The number of nitrogens with one attached hydrogen (secondary N) is 1. The van der Waals surface area contributed by atoms with Crippen LogP contribution in [0.25, 0.3) is 0 Å². The van der Waals surface area contributed by atoms with E-state index in [0.29, 0.717) is 26.1 Å². The van der Waals surface area contributed by atoms with Crippen LogP contribution in [0.3, 0.4) is 0 Å². The summed E-state index contributed by atoms with van der Waals surface area (Å²) >= 11 is 0. The Morgan fingerprint density at radius 1 is 1.07 bits per heavy atom. The maximum absolute atomic E-state index is 12.8. The summed E-state index contributed by atoms with van der Waals surface area (Å²) < 4.78 is 55.7. The van der Waals surface area contributed by atoms with Crippen LogP contribution in [0, 0.1) is 0 Å². The van der Waals surface area contributed by atoms with Crippen LogP contribution in [0.15, 0.2) is 53.4 Å². The van der Waals surface area contributed by atoms with E-state index in [9.17, 15) is 22.0 Å². The van der Waals surface area contributed by atoms with Gasteiger partial charge in [-0.2, -0.15) is 13.1 Å². The molecule has 0 unspecified atom stereocenters. The van der Waals surface area contributed by atoms with Crippen molar-refractivity contribution in [3.63, 3.8) is 0 Å². The first-order chi connectivity index (χ1) is 14.4. The number of piperidine rings is 1. The Labute approximate surface area is 174 Å². The molecule has 1 aliphatic heterocycles. The van der Waals surface area contributed by atoms with Gasteiger partial charge in [-0.1, -0.05) is 24.6 Å². The molecule has 0 spiro atoms. The van der Waals surface area contributed by atoms with Crippen LogP contribution in [0.5, 0.6) is 5.75 Å². The van der Waals surface area contributed by atoms with Crippen molar-refractivity contribution in [2.24, 2.45) is 0 Å². The molecule has 1 fully saturated rings. The van der Waals surface area contributed by atoms with Crippen molar-refractivity contribution in [1.29, 1.82) is 0 Å². The predicted molar refractivity (Wildman–Crippen MR) is 108 cm³/mol. The van der Waals surface area contributed by atoms with Crippen molar-refractivity contribution in [2.75, 3.05) is 19.6 Å². The summed E-state index contributed by atoms with van der Waals surface area (Å²) in [6, 6.07) is 12.2. The largest absolute Gasteiger partial charge is 0.435 e. The number of hydrogen-bond donors (Lipinski definition) is 1. The molecule has 1 N–H and O–H groups in total. The summed E-state index contributed by atoms with van der Waals surface area (Å²) in [7, 11) is -3.61. The zero-order chi connectivity index (χ0) is 21.6. The standard InChI is InChI=1S/C21H24F2N2O4S/c22-21(23)29-18-9-7-16(8-10-18)11-12-24-20(26)17-5-4-6-19(15-17)30(27,28)25-13-2-1-3-14-25/h4-10,15,21H,1-3,11-14H2,(H,24,26). The van der Waals surface area contributed by atoms with E-state index in [0.717, 1.165) is 24.8 Å². The molecular weight excluding hydrogens is 414 g/mol. The highest BCUT2D eigenvalue weighted by Crippen LogP contribution is 2.21. The SMILES string of the molecule is O=C(NCCc1ccc(OC(F)F)cc1)c1cccc(S(=O)(=O)N2CCCCC2)c1. The molecule has 162 valence electrons. The van der Waals surface area contributed by atoms with Crippen molar-refractivity contribution < 1.29 is 26.7 Å². The summed E-state index contributed by atoms with van der Waals surface area (Å²) in [6.07, 6.45) is 3.20. The average molecular weight is 438 g/mol. The molecule has 0 aromatic heterocycles. The number of hydrogen-bond acceptors (Lipinski definition) is 4. The monoisotopic (exact) mass is 438 g/mol. The van der Waals surface area contributed by atoms with E-state index >= 15 is 0 Å². The molecule has 1 amide bonds. The molecule has 30 heavy (non-hydrogen) atoms. The summed E-state index contributed by atoms with van der Waals surface area (Å²) in [6.45, 7) is -1.55. The number of ether oxygens (including phenoxy) is 1. The molecule has 1 saturated heterocycles. The fourth-order valence-corrected chi connectivity index (χ4v) is 4.88. The normalized spacial score (nSPS) is 15.2. The Morgan fingerprint density at radius 2 is 1.77 bits per heavy atom. The molecule has 2 aromatic carbocycles. The van der Waals surface area contributed by atoms with E-state index < -0.39 is 16.6 Å². The molecule has 2 aromatic rings. The molecule has 0 aliphatic carbocycles. The minimum absolute atomic E-state index is 0.0736. The van der Waals surface area contributed by atoms with Crippen molar-refractivity contribution >= 4 is 15.9 Å². The molecule has 0 bridgehead atoms. The maximum Gasteiger partial charge on any atom is 0.387 e. The van der Waals surface area contributed by atoms with Crippen molar-refractivity contribution in [2.45, 2.75) is 37.2 Å². The third kappa shape index (κ3) is 5.76. The van der Waals surface area contributed by atoms with E-state index in [1.165, 1.54) is 28.6 Å². The van der Waals surface area contributed by atoms with E-state index in [-0.39, 0.29) is 22.1 Å². The minimum Gasteiger partial charge on any atom is -0.435 e. The first-order valence-electron chi connectivity index (χ1n) is 9.78. The Morgan fingerprint density at radius 3 is 2.43 bits per heavy atom.